The highest BCUT2D eigenvalue weighted by molar-refractivity contribution is 7.99. The SMILES string of the molecule is CCc1cccc(CC)c1-n1ccnc1SCC(=O)Nc1ccc(NC(C)=O)cc1. The lowest BCUT2D eigenvalue weighted by molar-refractivity contribution is -0.114. The second kappa shape index (κ2) is 10.1. The number of aromatic nitrogens is 2. The summed E-state index contributed by atoms with van der Waals surface area (Å²) in [5, 5.41) is 6.38. The Bertz CT molecular complexity index is 1010. The topological polar surface area (TPSA) is 76.0 Å². The van der Waals surface area contributed by atoms with Crippen molar-refractivity contribution >= 4 is 35.0 Å². The van der Waals surface area contributed by atoms with Crippen LogP contribution in [0.4, 0.5) is 11.4 Å². The quantitative estimate of drug-likeness (QED) is 0.517. The average molecular weight is 423 g/mol. The third-order valence-corrected chi connectivity index (χ3v) is 5.60. The van der Waals surface area contributed by atoms with E-state index in [4.69, 9.17) is 0 Å². The van der Waals surface area contributed by atoms with Gasteiger partial charge in [0.25, 0.3) is 0 Å². The Morgan fingerprint density at radius 3 is 2.13 bits per heavy atom. The normalized spacial score (nSPS) is 10.6. The highest BCUT2D eigenvalue weighted by Crippen LogP contribution is 2.27. The van der Waals surface area contributed by atoms with Gasteiger partial charge in [0.15, 0.2) is 5.16 Å². The van der Waals surface area contributed by atoms with Crippen LogP contribution < -0.4 is 10.6 Å². The van der Waals surface area contributed by atoms with Gasteiger partial charge in [0.05, 0.1) is 11.4 Å². The summed E-state index contributed by atoms with van der Waals surface area (Å²) >= 11 is 1.41. The fourth-order valence-electron chi connectivity index (χ4n) is 3.26. The highest BCUT2D eigenvalue weighted by atomic mass is 32.2. The second-order valence-corrected chi connectivity index (χ2v) is 7.75. The maximum atomic E-state index is 12.4. The van der Waals surface area contributed by atoms with Crippen LogP contribution in [-0.2, 0) is 22.4 Å². The molecule has 0 atom stereocenters. The number of carbonyl (C=O) groups is 2. The van der Waals surface area contributed by atoms with Crippen molar-refractivity contribution in [1.82, 2.24) is 9.55 Å². The van der Waals surface area contributed by atoms with Gasteiger partial charge in [-0.1, -0.05) is 43.8 Å². The molecule has 1 aromatic heterocycles. The van der Waals surface area contributed by atoms with Crippen molar-refractivity contribution in [3.05, 3.63) is 66.0 Å². The number of rotatable bonds is 8. The van der Waals surface area contributed by atoms with Gasteiger partial charge in [0.2, 0.25) is 11.8 Å². The van der Waals surface area contributed by atoms with Crippen molar-refractivity contribution in [1.29, 1.82) is 0 Å². The van der Waals surface area contributed by atoms with Crippen LogP contribution in [-0.4, -0.2) is 27.1 Å². The lowest BCUT2D eigenvalue weighted by Crippen LogP contribution is -2.15. The lowest BCUT2D eigenvalue weighted by Gasteiger charge is -2.16. The van der Waals surface area contributed by atoms with Gasteiger partial charge in [-0.2, -0.15) is 0 Å². The van der Waals surface area contributed by atoms with Crippen molar-refractivity contribution in [3.63, 3.8) is 0 Å². The minimum atomic E-state index is -0.130. The molecule has 1 heterocycles. The first-order valence-electron chi connectivity index (χ1n) is 9.96. The summed E-state index contributed by atoms with van der Waals surface area (Å²) in [5.74, 6) is 0.0103. The molecule has 0 bridgehead atoms. The maximum Gasteiger partial charge on any atom is 0.234 e. The number of para-hydroxylation sites is 1. The van der Waals surface area contributed by atoms with Crippen LogP contribution in [0.15, 0.2) is 60.0 Å². The zero-order chi connectivity index (χ0) is 21.5. The van der Waals surface area contributed by atoms with Crippen LogP contribution in [0.5, 0.6) is 0 Å². The molecule has 0 aliphatic carbocycles. The third-order valence-electron chi connectivity index (χ3n) is 4.63. The van der Waals surface area contributed by atoms with Gasteiger partial charge in [-0.25, -0.2) is 4.98 Å². The first kappa shape index (κ1) is 21.6. The molecule has 2 N–H and O–H groups in total. The zero-order valence-electron chi connectivity index (χ0n) is 17.4. The first-order chi connectivity index (χ1) is 14.5. The molecule has 0 aliphatic heterocycles. The van der Waals surface area contributed by atoms with E-state index in [1.807, 2.05) is 6.20 Å². The molecule has 0 aliphatic rings. The molecule has 0 saturated carbocycles. The number of amides is 2. The third kappa shape index (κ3) is 5.30. The maximum absolute atomic E-state index is 12.4. The van der Waals surface area contributed by atoms with Crippen molar-refractivity contribution < 1.29 is 9.59 Å². The summed E-state index contributed by atoms with van der Waals surface area (Å²) in [5.41, 5.74) is 5.06. The van der Waals surface area contributed by atoms with Crippen molar-refractivity contribution in [2.75, 3.05) is 16.4 Å². The van der Waals surface area contributed by atoms with E-state index < -0.39 is 0 Å². The predicted octanol–water partition coefficient (Wildman–Crippen LogP) is 4.69. The molecule has 2 aromatic carbocycles. The number of nitrogens with zero attached hydrogens (tertiary/aromatic N) is 2. The number of nitrogens with one attached hydrogen (secondary N) is 2. The van der Waals surface area contributed by atoms with E-state index in [0.717, 1.165) is 23.7 Å². The molecule has 3 rings (SSSR count). The molecule has 156 valence electrons. The van der Waals surface area contributed by atoms with Gasteiger partial charge < -0.3 is 10.6 Å². The smallest absolute Gasteiger partial charge is 0.234 e. The van der Waals surface area contributed by atoms with Crippen LogP contribution in [0.25, 0.3) is 5.69 Å². The van der Waals surface area contributed by atoms with Crippen LogP contribution >= 0.6 is 11.8 Å². The number of aryl methyl sites for hydroxylation is 2. The molecule has 0 saturated heterocycles. The van der Waals surface area contributed by atoms with Gasteiger partial charge in [-0.3, -0.25) is 14.2 Å². The Balaban J connectivity index is 1.68. The van der Waals surface area contributed by atoms with Gasteiger partial charge in [0, 0.05) is 30.7 Å². The second-order valence-electron chi connectivity index (χ2n) is 6.81. The number of carbonyl (C=O) groups excluding carboxylic acids is 2. The lowest BCUT2D eigenvalue weighted by atomic mass is 10.0. The van der Waals surface area contributed by atoms with Gasteiger partial charge in [-0.05, 0) is 48.2 Å². The zero-order valence-corrected chi connectivity index (χ0v) is 18.3. The largest absolute Gasteiger partial charge is 0.326 e. The Kier molecular flexibility index (Phi) is 7.30. The molecule has 7 heteroatoms. The van der Waals surface area contributed by atoms with Crippen LogP contribution in [0.1, 0.15) is 31.9 Å². The molecule has 0 unspecified atom stereocenters. The number of hydrogen-bond donors (Lipinski definition) is 2. The summed E-state index contributed by atoms with van der Waals surface area (Å²) < 4.78 is 2.08. The van der Waals surface area contributed by atoms with E-state index in [2.05, 4.69) is 52.2 Å². The minimum Gasteiger partial charge on any atom is -0.326 e. The molecular weight excluding hydrogens is 396 g/mol. The molecule has 30 heavy (non-hydrogen) atoms. The van der Waals surface area contributed by atoms with E-state index in [-0.39, 0.29) is 17.6 Å². The number of imidazole rings is 1. The van der Waals surface area contributed by atoms with E-state index in [1.54, 1.807) is 30.5 Å². The van der Waals surface area contributed by atoms with E-state index in [9.17, 15) is 9.59 Å². The molecular formula is C23H26N4O2S. The number of thioether (sulfide) groups is 1. The summed E-state index contributed by atoms with van der Waals surface area (Å²) in [7, 11) is 0. The summed E-state index contributed by atoms with van der Waals surface area (Å²) in [4.78, 5) is 28.0. The molecule has 0 fully saturated rings. The van der Waals surface area contributed by atoms with Crippen LogP contribution in [0.2, 0.25) is 0 Å². The fourth-order valence-corrected chi connectivity index (χ4v) is 4.02. The Morgan fingerprint density at radius 1 is 0.967 bits per heavy atom. The monoisotopic (exact) mass is 422 g/mol. The van der Waals surface area contributed by atoms with Crippen molar-refractivity contribution in [3.8, 4) is 5.69 Å². The first-order valence-corrected chi connectivity index (χ1v) is 10.9. The van der Waals surface area contributed by atoms with Gasteiger partial charge in [-0.15, -0.1) is 0 Å². The van der Waals surface area contributed by atoms with Crippen molar-refractivity contribution in [2.24, 2.45) is 0 Å². The number of anilines is 2. The summed E-state index contributed by atoms with van der Waals surface area (Å²) in [6, 6.07) is 13.4. The Hall–Kier alpha value is -3.06. The molecule has 0 spiro atoms. The van der Waals surface area contributed by atoms with Gasteiger partial charge >= 0.3 is 0 Å². The number of hydrogen-bond acceptors (Lipinski definition) is 4. The highest BCUT2D eigenvalue weighted by Gasteiger charge is 2.14. The molecule has 6 nitrogen and oxygen atoms in total. The Morgan fingerprint density at radius 2 is 1.57 bits per heavy atom. The predicted molar refractivity (Wildman–Crippen MR) is 122 cm³/mol. The van der Waals surface area contributed by atoms with Crippen molar-refractivity contribution in [2.45, 2.75) is 38.8 Å². The standard InChI is InChI=1S/C23H26N4O2S/c1-4-17-7-6-8-18(5-2)22(17)27-14-13-24-23(27)30-15-21(29)26-20-11-9-19(10-12-20)25-16(3)28/h6-14H,4-5,15H2,1-3H3,(H,25,28)(H,26,29). The molecule has 3 aromatic rings. The molecule has 2 amide bonds. The summed E-state index contributed by atoms with van der Waals surface area (Å²) in [6.45, 7) is 5.75. The molecule has 0 radical (unpaired) electrons. The minimum absolute atomic E-state index is 0.110. The van der Waals surface area contributed by atoms with E-state index in [1.165, 1.54) is 29.8 Å². The van der Waals surface area contributed by atoms with Crippen LogP contribution in [0, 0.1) is 0 Å². The van der Waals surface area contributed by atoms with Gasteiger partial charge in [0.1, 0.15) is 0 Å². The van der Waals surface area contributed by atoms with Crippen LogP contribution in [0.3, 0.4) is 0 Å². The fraction of sp³-hybridized carbons (Fsp3) is 0.261. The van der Waals surface area contributed by atoms with E-state index in [0.29, 0.717) is 11.4 Å². The Labute approximate surface area is 181 Å². The van der Waals surface area contributed by atoms with E-state index >= 15 is 0 Å². The summed E-state index contributed by atoms with van der Waals surface area (Å²) in [6.07, 6.45) is 5.59. The average Bonchev–Trinajstić information content (AvgIpc) is 3.20. The number of benzene rings is 2.